The molecule has 6 heteroatoms. The molecule has 0 saturated heterocycles. The van der Waals surface area contributed by atoms with Crippen molar-refractivity contribution in [2.75, 3.05) is 14.1 Å². The number of thioether (sulfide) groups is 1. The van der Waals surface area contributed by atoms with Gasteiger partial charge in [-0.2, -0.15) is 0 Å². The maximum atomic E-state index is 12.7. The minimum atomic E-state index is -0.361. The van der Waals surface area contributed by atoms with Gasteiger partial charge >= 0.3 is 0 Å². The molecule has 5 nitrogen and oxygen atoms in total. The summed E-state index contributed by atoms with van der Waals surface area (Å²) in [5.74, 6) is 0.817. The van der Waals surface area contributed by atoms with Crippen LogP contribution in [0.4, 0.5) is 0 Å². The molecule has 0 bridgehead atoms. The van der Waals surface area contributed by atoms with Crippen molar-refractivity contribution in [3.05, 3.63) is 65.7 Å². The summed E-state index contributed by atoms with van der Waals surface area (Å²) in [6, 6.07) is 18.0. The van der Waals surface area contributed by atoms with Crippen LogP contribution in [0.25, 0.3) is 11.4 Å². The van der Waals surface area contributed by atoms with Crippen LogP contribution in [0, 0.1) is 6.92 Å². The maximum absolute atomic E-state index is 12.7. The van der Waals surface area contributed by atoms with Gasteiger partial charge in [-0.3, -0.25) is 4.79 Å². The third-order valence-corrected chi connectivity index (χ3v) is 5.41. The first-order valence-corrected chi connectivity index (χ1v) is 9.24. The summed E-state index contributed by atoms with van der Waals surface area (Å²) in [5.41, 5.74) is 3.16. The molecule has 0 fully saturated rings. The van der Waals surface area contributed by atoms with Gasteiger partial charge in [0.25, 0.3) is 0 Å². The number of carbonyl (C=O) groups excluding carboxylic acids is 1. The summed E-state index contributed by atoms with van der Waals surface area (Å²) < 4.78 is 1.94. The van der Waals surface area contributed by atoms with Gasteiger partial charge in [-0.15, -0.1) is 10.2 Å². The zero-order chi connectivity index (χ0) is 18.7. The van der Waals surface area contributed by atoms with Gasteiger partial charge in [0.05, 0.1) is 0 Å². The lowest BCUT2D eigenvalue weighted by Gasteiger charge is -2.20. The normalized spacial score (nSPS) is 12.0. The van der Waals surface area contributed by atoms with E-state index in [-0.39, 0.29) is 11.2 Å². The van der Waals surface area contributed by atoms with Crippen LogP contribution in [0.3, 0.4) is 0 Å². The molecule has 0 spiro atoms. The van der Waals surface area contributed by atoms with Crippen LogP contribution >= 0.6 is 11.8 Å². The van der Waals surface area contributed by atoms with E-state index in [0.717, 1.165) is 17.0 Å². The van der Waals surface area contributed by atoms with E-state index in [0.29, 0.717) is 5.16 Å². The molecule has 26 heavy (non-hydrogen) atoms. The first-order valence-electron chi connectivity index (χ1n) is 8.36. The van der Waals surface area contributed by atoms with Crippen LogP contribution in [0.1, 0.15) is 16.4 Å². The molecule has 1 atom stereocenters. The Morgan fingerprint density at radius 2 is 1.69 bits per heavy atom. The van der Waals surface area contributed by atoms with Gasteiger partial charge in [-0.1, -0.05) is 71.9 Å². The lowest BCUT2D eigenvalue weighted by Crippen LogP contribution is -2.26. The molecule has 0 unspecified atom stereocenters. The minimum absolute atomic E-state index is 0.0288. The highest BCUT2D eigenvalue weighted by molar-refractivity contribution is 8.00. The van der Waals surface area contributed by atoms with Crippen LogP contribution in [-0.2, 0) is 11.8 Å². The highest BCUT2D eigenvalue weighted by atomic mass is 32.2. The molecule has 0 saturated carbocycles. The Hall–Kier alpha value is -2.60. The third kappa shape index (κ3) is 3.80. The van der Waals surface area contributed by atoms with Crippen LogP contribution in [-0.4, -0.2) is 39.7 Å². The predicted molar refractivity (Wildman–Crippen MR) is 105 cm³/mol. The molecule has 0 aliphatic carbocycles. The molecular formula is C20H22N4OS. The van der Waals surface area contributed by atoms with Gasteiger partial charge < -0.3 is 9.47 Å². The van der Waals surface area contributed by atoms with Crippen molar-refractivity contribution in [1.29, 1.82) is 0 Å². The Labute approximate surface area is 158 Å². The Balaban J connectivity index is 1.93. The second-order valence-corrected chi connectivity index (χ2v) is 7.44. The number of aromatic nitrogens is 3. The summed E-state index contributed by atoms with van der Waals surface area (Å²) in [4.78, 5) is 14.3. The smallest absolute Gasteiger partial charge is 0.240 e. The predicted octanol–water partition coefficient (Wildman–Crippen LogP) is 3.71. The van der Waals surface area contributed by atoms with Crippen LogP contribution in [0.2, 0.25) is 0 Å². The molecule has 3 aromatic rings. The first-order chi connectivity index (χ1) is 12.5. The fourth-order valence-electron chi connectivity index (χ4n) is 2.60. The van der Waals surface area contributed by atoms with Crippen molar-refractivity contribution in [3.63, 3.8) is 0 Å². The summed E-state index contributed by atoms with van der Waals surface area (Å²) in [5, 5.41) is 9.01. The van der Waals surface area contributed by atoms with Gasteiger partial charge in [0, 0.05) is 26.7 Å². The highest BCUT2D eigenvalue weighted by Gasteiger charge is 2.26. The molecule has 0 radical (unpaired) electrons. The lowest BCUT2D eigenvalue weighted by molar-refractivity contribution is -0.128. The zero-order valence-corrected chi connectivity index (χ0v) is 16.2. The Morgan fingerprint density at radius 3 is 2.31 bits per heavy atom. The summed E-state index contributed by atoms with van der Waals surface area (Å²) in [7, 11) is 5.47. The average Bonchev–Trinajstić information content (AvgIpc) is 3.01. The van der Waals surface area contributed by atoms with Crippen molar-refractivity contribution in [2.45, 2.75) is 17.3 Å². The van der Waals surface area contributed by atoms with Gasteiger partial charge in [-0.25, -0.2) is 0 Å². The zero-order valence-electron chi connectivity index (χ0n) is 15.4. The Morgan fingerprint density at radius 1 is 1.04 bits per heavy atom. The standard InChI is InChI=1S/C20H22N4OS/c1-14-10-12-16(13-11-14)18-21-22-20(24(18)4)26-17(19(25)23(2)3)15-8-6-5-7-9-15/h5-13,17H,1-4H3/t17-/m0/s1. The number of benzene rings is 2. The molecule has 1 aromatic heterocycles. The molecule has 0 aliphatic rings. The number of hydrogen-bond donors (Lipinski definition) is 0. The number of rotatable bonds is 5. The number of hydrogen-bond acceptors (Lipinski definition) is 4. The van der Waals surface area contributed by atoms with Crippen molar-refractivity contribution in [1.82, 2.24) is 19.7 Å². The van der Waals surface area contributed by atoms with E-state index >= 15 is 0 Å². The first kappa shape index (κ1) is 18.2. The molecule has 134 valence electrons. The van der Waals surface area contributed by atoms with E-state index in [4.69, 9.17) is 0 Å². The van der Waals surface area contributed by atoms with Gasteiger partial charge in [-0.05, 0) is 12.5 Å². The van der Waals surface area contributed by atoms with E-state index in [9.17, 15) is 4.79 Å². The Bertz CT molecular complexity index is 888. The fourth-order valence-corrected chi connectivity index (χ4v) is 3.75. The maximum Gasteiger partial charge on any atom is 0.240 e. The van der Waals surface area contributed by atoms with E-state index in [1.165, 1.54) is 17.3 Å². The highest BCUT2D eigenvalue weighted by Crippen LogP contribution is 2.36. The molecule has 1 heterocycles. The van der Waals surface area contributed by atoms with E-state index < -0.39 is 0 Å². The number of carbonyl (C=O) groups is 1. The van der Waals surface area contributed by atoms with Gasteiger partial charge in [0.1, 0.15) is 5.25 Å². The second kappa shape index (κ2) is 7.74. The van der Waals surface area contributed by atoms with Crippen molar-refractivity contribution in [2.24, 2.45) is 7.05 Å². The summed E-state index contributed by atoms with van der Waals surface area (Å²) in [6.07, 6.45) is 0. The topological polar surface area (TPSA) is 51.0 Å². The number of amides is 1. The second-order valence-electron chi connectivity index (χ2n) is 6.37. The quantitative estimate of drug-likeness (QED) is 0.646. The molecule has 0 aliphatic heterocycles. The van der Waals surface area contributed by atoms with E-state index in [2.05, 4.69) is 29.3 Å². The number of aryl methyl sites for hydroxylation is 1. The van der Waals surface area contributed by atoms with Crippen molar-refractivity contribution in [3.8, 4) is 11.4 Å². The molecule has 2 aromatic carbocycles. The minimum Gasteiger partial charge on any atom is -0.348 e. The molecule has 1 amide bonds. The summed E-state index contributed by atoms with van der Waals surface area (Å²) in [6.45, 7) is 2.05. The van der Waals surface area contributed by atoms with Gasteiger partial charge in [0.15, 0.2) is 11.0 Å². The van der Waals surface area contributed by atoms with Crippen LogP contribution in [0.5, 0.6) is 0 Å². The van der Waals surface area contributed by atoms with Gasteiger partial charge in [0.2, 0.25) is 5.91 Å². The number of likely N-dealkylation sites (N-methyl/N-ethyl adjacent to an activating group) is 1. The van der Waals surface area contributed by atoms with E-state index in [1.807, 2.05) is 54.1 Å². The molecular weight excluding hydrogens is 344 g/mol. The molecule has 0 N–H and O–H groups in total. The van der Waals surface area contributed by atoms with E-state index in [1.54, 1.807) is 19.0 Å². The number of nitrogens with zero attached hydrogens (tertiary/aromatic N) is 4. The Kier molecular flexibility index (Phi) is 5.42. The lowest BCUT2D eigenvalue weighted by atomic mass is 10.1. The van der Waals surface area contributed by atoms with Crippen molar-refractivity contribution >= 4 is 17.7 Å². The van der Waals surface area contributed by atoms with Crippen LogP contribution < -0.4 is 0 Å². The third-order valence-electron chi connectivity index (χ3n) is 4.14. The monoisotopic (exact) mass is 366 g/mol. The fraction of sp³-hybridized carbons (Fsp3) is 0.250. The van der Waals surface area contributed by atoms with Crippen LogP contribution in [0.15, 0.2) is 59.8 Å². The molecule has 3 rings (SSSR count). The SMILES string of the molecule is Cc1ccc(-c2nnc(S[C@H](C(=O)N(C)C)c3ccccc3)n2C)cc1. The largest absolute Gasteiger partial charge is 0.348 e. The average molecular weight is 366 g/mol. The van der Waals surface area contributed by atoms with Crippen molar-refractivity contribution < 1.29 is 4.79 Å². The summed E-state index contributed by atoms with van der Waals surface area (Å²) >= 11 is 1.42.